The molecule has 2 N–H and O–H groups in total. The molecule has 16 heavy (non-hydrogen) atoms. The Hall–Kier alpha value is -1.23. The van der Waals surface area contributed by atoms with E-state index in [0.717, 1.165) is 12.1 Å². The van der Waals surface area contributed by atoms with E-state index in [9.17, 15) is 13.2 Å². The Morgan fingerprint density at radius 2 is 1.56 bits per heavy atom. The second-order valence-electron chi connectivity index (χ2n) is 4.06. The van der Waals surface area contributed by atoms with Crippen LogP contribution in [0.15, 0.2) is 18.2 Å². The molecule has 0 fully saturated rings. The van der Waals surface area contributed by atoms with E-state index in [-0.39, 0.29) is 5.69 Å². The van der Waals surface area contributed by atoms with Crippen molar-refractivity contribution in [3.05, 3.63) is 29.3 Å². The molecule has 0 heterocycles. The van der Waals surface area contributed by atoms with Gasteiger partial charge >= 0.3 is 6.18 Å². The molecule has 0 atom stereocenters. The number of halogens is 3. The van der Waals surface area contributed by atoms with E-state index in [1.54, 1.807) is 13.8 Å². The largest absolute Gasteiger partial charge is 0.416 e. The van der Waals surface area contributed by atoms with Gasteiger partial charge in [-0.1, -0.05) is 0 Å². The fourth-order valence-corrected chi connectivity index (χ4v) is 1.28. The molecule has 0 saturated heterocycles. The molecule has 0 aliphatic rings. The van der Waals surface area contributed by atoms with Crippen molar-refractivity contribution in [2.45, 2.75) is 25.6 Å². The smallest absolute Gasteiger partial charge is 0.399 e. The number of hydrogen-bond donors (Lipinski definition) is 1. The van der Waals surface area contributed by atoms with Crippen LogP contribution in [0.2, 0.25) is 0 Å². The fraction of sp³-hybridized carbons (Fsp3) is 0.455. The number of ether oxygens (including phenoxy) is 1. The molecule has 1 aromatic rings. The lowest BCUT2D eigenvalue weighted by Gasteiger charge is -2.24. The summed E-state index contributed by atoms with van der Waals surface area (Å²) in [5.74, 6) is 0. The van der Waals surface area contributed by atoms with Crippen molar-refractivity contribution in [1.29, 1.82) is 0 Å². The number of hydrogen-bond acceptors (Lipinski definition) is 2. The molecule has 0 bridgehead atoms. The maximum atomic E-state index is 12.5. The third kappa shape index (κ3) is 2.66. The zero-order valence-corrected chi connectivity index (χ0v) is 9.35. The molecular formula is C11H14F3NO. The maximum Gasteiger partial charge on any atom is 0.416 e. The molecular weight excluding hydrogens is 219 g/mol. The number of nitrogens with two attached hydrogens (primary N) is 1. The van der Waals surface area contributed by atoms with Crippen molar-refractivity contribution in [1.82, 2.24) is 0 Å². The SMILES string of the molecule is COC(C)(C)c1cc(N)cc(C(F)(F)F)c1. The second kappa shape index (κ2) is 3.97. The Morgan fingerprint density at radius 3 is 2.00 bits per heavy atom. The Balaban J connectivity index is 3.29. The van der Waals surface area contributed by atoms with Crippen molar-refractivity contribution in [3.63, 3.8) is 0 Å². The minimum atomic E-state index is -4.39. The van der Waals surface area contributed by atoms with Gasteiger partial charge in [-0.2, -0.15) is 13.2 Å². The Morgan fingerprint density at radius 1 is 1.06 bits per heavy atom. The molecule has 0 radical (unpaired) electrons. The van der Waals surface area contributed by atoms with Gasteiger partial charge in [0.2, 0.25) is 0 Å². The van der Waals surface area contributed by atoms with E-state index in [2.05, 4.69) is 0 Å². The third-order valence-electron chi connectivity index (χ3n) is 2.49. The molecule has 2 nitrogen and oxygen atoms in total. The first kappa shape index (κ1) is 12.8. The van der Waals surface area contributed by atoms with Crippen molar-refractivity contribution in [3.8, 4) is 0 Å². The van der Waals surface area contributed by atoms with E-state index in [4.69, 9.17) is 10.5 Å². The molecule has 0 unspecified atom stereocenters. The lowest BCUT2D eigenvalue weighted by Crippen LogP contribution is -2.21. The van der Waals surface area contributed by atoms with Crippen LogP contribution in [0.25, 0.3) is 0 Å². The van der Waals surface area contributed by atoms with Gasteiger partial charge < -0.3 is 10.5 Å². The molecule has 0 aliphatic heterocycles. The normalized spacial score (nSPS) is 12.9. The van der Waals surface area contributed by atoms with E-state index in [1.807, 2.05) is 0 Å². The number of rotatable bonds is 2. The molecule has 0 saturated carbocycles. The summed E-state index contributed by atoms with van der Waals surface area (Å²) in [6.45, 7) is 3.36. The summed E-state index contributed by atoms with van der Waals surface area (Å²) in [4.78, 5) is 0. The molecule has 5 heteroatoms. The monoisotopic (exact) mass is 233 g/mol. The summed E-state index contributed by atoms with van der Waals surface area (Å²) in [5, 5.41) is 0. The average Bonchev–Trinajstić information content (AvgIpc) is 2.15. The predicted molar refractivity (Wildman–Crippen MR) is 55.9 cm³/mol. The average molecular weight is 233 g/mol. The van der Waals surface area contributed by atoms with Gasteiger partial charge in [-0.05, 0) is 37.6 Å². The van der Waals surface area contributed by atoms with Gasteiger partial charge in [0.15, 0.2) is 0 Å². The van der Waals surface area contributed by atoms with Crippen LogP contribution < -0.4 is 5.73 Å². The van der Waals surface area contributed by atoms with E-state index in [0.29, 0.717) is 5.56 Å². The number of anilines is 1. The minimum Gasteiger partial charge on any atom is -0.399 e. The highest BCUT2D eigenvalue weighted by Crippen LogP contribution is 2.34. The lowest BCUT2D eigenvalue weighted by molar-refractivity contribution is -0.137. The zero-order valence-electron chi connectivity index (χ0n) is 9.35. The highest BCUT2D eigenvalue weighted by molar-refractivity contribution is 5.47. The summed E-state index contributed by atoms with van der Waals surface area (Å²) in [6, 6.07) is 3.45. The standard InChI is InChI=1S/C11H14F3NO/c1-10(2,16-3)7-4-8(11(12,13)14)6-9(15)5-7/h4-6H,15H2,1-3H3. The molecule has 0 amide bonds. The summed E-state index contributed by atoms with van der Waals surface area (Å²) in [7, 11) is 1.44. The highest BCUT2D eigenvalue weighted by Gasteiger charge is 2.32. The highest BCUT2D eigenvalue weighted by atomic mass is 19.4. The maximum absolute atomic E-state index is 12.5. The molecule has 90 valence electrons. The Kier molecular flexibility index (Phi) is 3.19. The van der Waals surface area contributed by atoms with Crippen molar-refractivity contribution in [2.24, 2.45) is 0 Å². The molecule has 0 aromatic heterocycles. The van der Waals surface area contributed by atoms with Crippen LogP contribution in [-0.2, 0) is 16.5 Å². The van der Waals surface area contributed by atoms with Crippen molar-refractivity contribution in [2.75, 3.05) is 12.8 Å². The van der Waals surface area contributed by atoms with Crippen LogP contribution in [0.4, 0.5) is 18.9 Å². The summed E-state index contributed by atoms with van der Waals surface area (Å²) in [6.07, 6.45) is -4.39. The molecule has 1 aromatic carbocycles. The van der Waals surface area contributed by atoms with Crippen molar-refractivity contribution >= 4 is 5.69 Å². The van der Waals surface area contributed by atoms with Gasteiger partial charge in [-0.25, -0.2) is 0 Å². The first-order chi connectivity index (χ1) is 7.16. The van der Waals surface area contributed by atoms with Crippen LogP contribution in [0.1, 0.15) is 25.0 Å². The Labute approximate surface area is 92.2 Å². The van der Waals surface area contributed by atoms with Crippen molar-refractivity contribution < 1.29 is 17.9 Å². The van der Waals surface area contributed by atoms with Gasteiger partial charge in [0.1, 0.15) is 0 Å². The van der Waals surface area contributed by atoms with Crippen LogP contribution in [-0.4, -0.2) is 7.11 Å². The first-order valence-corrected chi connectivity index (χ1v) is 4.70. The van der Waals surface area contributed by atoms with Gasteiger partial charge in [0, 0.05) is 12.8 Å². The van der Waals surface area contributed by atoms with Gasteiger partial charge in [-0.3, -0.25) is 0 Å². The summed E-state index contributed by atoms with van der Waals surface area (Å²) >= 11 is 0. The van der Waals surface area contributed by atoms with Crippen LogP contribution >= 0.6 is 0 Å². The zero-order chi connectivity index (χ0) is 12.6. The van der Waals surface area contributed by atoms with E-state index < -0.39 is 17.3 Å². The third-order valence-corrected chi connectivity index (χ3v) is 2.49. The number of nitrogen functional groups attached to an aromatic ring is 1. The topological polar surface area (TPSA) is 35.2 Å². The summed E-state index contributed by atoms with van der Waals surface area (Å²) < 4.78 is 42.8. The Bertz CT molecular complexity index is 385. The van der Waals surface area contributed by atoms with Gasteiger partial charge in [0.05, 0.1) is 11.2 Å². The van der Waals surface area contributed by atoms with Crippen LogP contribution in [0, 0.1) is 0 Å². The minimum absolute atomic E-state index is 0.0787. The second-order valence-corrected chi connectivity index (χ2v) is 4.06. The molecule has 0 aliphatic carbocycles. The van der Waals surface area contributed by atoms with Crippen LogP contribution in [0.3, 0.4) is 0 Å². The lowest BCUT2D eigenvalue weighted by atomic mass is 9.95. The fourth-order valence-electron chi connectivity index (χ4n) is 1.28. The number of benzene rings is 1. The number of alkyl halides is 3. The van der Waals surface area contributed by atoms with Crippen LogP contribution in [0.5, 0.6) is 0 Å². The molecule has 0 spiro atoms. The van der Waals surface area contributed by atoms with Gasteiger partial charge in [0.25, 0.3) is 0 Å². The quantitative estimate of drug-likeness (QED) is 0.796. The van der Waals surface area contributed by atoms with E-state index >= 15 is 0 Å². The predicted octanol–water partition coefficient (Wildman–Crippen LogP) is 3.17. The van der Waals surface area contributed by atoms with E-state index in [1.165, 1.54) is 13.2 Å². The van der Waals surface area contributed by atoms with Gasteiger partial charge in [-0.15, -0.1) is 0 Å². The first-order valence-electron chi connectivity index (χ1n) is 4.70. The molecule has 1 rings (SSSR count). The number of methoxy groups -OCH3 is 1. The summed E-state index contributed by atoms with van der Waals surface area (Å²) in [5.41, 5.74) is 4.38.